The smallest absolute Gasteiger partial charge is 0.250 e. The van der Waals surface area contributed by atoms with Crippen molar-refractivity contribution in [1.82, 2.24) is 14.8 Å². The van der Waals surface area contributed by atoms with Crippen LogP contribution in [0, 0.1) is 23.5 Å². The number of fused-ring (bicyclic) bond motifs is 4. The van der Waals surface area contributed by atoms with E-state index in [2.05, 4.69) is 5.32 Å². The first kappa shape index (κ1) is 21.3. The zero-order valence-electron chi connectivity index (χ0n) is 17.7. The second kappa shape index (κ2) is 8.41. The molecule has 1 aromatic carbocycles. The van der Waals surface area contributed by atoms with E-state index in [4.69, 9.17) is 0 Å². The summed E-state index contributed by atoms with van der Waals surface area (Å²) >= 11 is 0. The molecule has 2 aromatic rings. The van der Waals surface area contributed by atoms with Crippen LogP contribution in [0.5, 0.6) is 0 Å². The first-order valence-corrected chi connectivity index (χ1v) is 11.3. The van der Waals surface area contributed by atoms with E-state index in [1.807, 2.05) is 11.0 Å². The topological polar surface area (TPSA) is 74.6 Å². The van der Waals surface area contributed by atoms with Crippen molar-refractivity contribution in [1.29, 1.82) is 0 Å². The SMILES string of the molecule is O=C(NC1CCCC1)[C@@H]1[C@@H](CO)[C@@H]2Cn3c(cccc3=O)[C@H]1N2Cc1cc(F)ccc1F. The van der Waals surface area contributed by atoms with Crippen LogP contribution in [0.15, 0.2) is 41.2 Å². The van der Waals surface area contributed by atoms with E-state index in [9.17, 15) is 23.5 Å². The normalized spacial score (nSPS) is 27.5. The summed E-state index contributed by atoms with van der Waals surface area (Å²) in [5, 5.41) is 13.4. The minimum absolute atomic E-state index is 0.0890. The highest BCUT2D eigenvalue weighted by Crippen LogP contribution is 2.49. The van der Waals surface area contributed by atoms with Crippen molar-refractivity contribution in [2.75, 3.05) is 6.61 Å². The number of halogens is 2. The lowest BCUT2D eigenvalue weighted by Gasteiger charge is -2.38. The van der Waals surface area contributed by atoms with Gasteiger partial charge in [0.05, 0.1) is 12.0 Å². The van der Waals surface area contributed by atoms with E-state index in [1.54, 1.807) is 10.6 Å². The third-order valence-corrected chi connectivity index (χ3v) is 7.41. The van der Waals surface area contributed by atoms with Gasteiger partial charge in [-0.25, -0.2) is 8.78 Å². The van der Waals surface area contributed by atoms with Crippen molar-refractivity contribution >= 4 is 5.91 Å². The molecule has 5 rings (SSSR count). The molecule has 2 fully saturated rings. The van der Waals surface area contributed by atoms with Gasteiger partial charge in [-0.15, -0.1) is 0 Å². The number of nitrogens with zero attached hydrogens (tertiary/aromatic N) is 2. The van der Waals surface area contributed by atoms with Crippen LogP contribution in [0.4, 0.5) is 8.78 Å². The Bertz CT molecular complexity index is 1080. The average Bonchev–Trinajstić information content (AvgIpc) is 3.34. The van der Waals surface area contributed by atoms with Gasteiger partial charge in [0.2, 0.25) is 5.91 Å². The first-order chi connectivity index (χ1) is 15.5. The van der Waals surface area contributed by atoms with Crippen LogP contribution in [0.1, 0.15) is 43.0 Å². The highest BCUT2D eigenvalue weighted by molar-refractivity contribution is 5.81. The number of nitrogens with one attached hydrogen (secondary N) is 1. The number of aromatic nitrogens is 1. The molecule has 2 bridgehead atoms. The summed E-state index contributed by atoms with van der Waals surface area (Å²) in [6, 6.07) is 7.56. The molecule has 6 nitrogen and oxygen atoms in total. The maximum Gasteiger partial charge on any atom is 0.250 e. The summed E-state index contributed by atoms with van der Waals surface area (Å²) in [7, 11) is 0. The van der Waals surface area contributed by atoms with Gasteiger partial charge in [-0.05, 0) is 37.1 Å². The standard InChI is InChI=1S/C24H27F2N3O3/c25-15-8-9-18(26)14(10-15)11-29-20-12-28-19(6-3-7-21(28)31)23(29)22(17(20)13-30)24(32)27-16-4-1-2-5-16/h3,6-10,16-17,20,22-23,30H,1-2,4-5,11-13H2,(H,27,32)/t17-,20-,22+,23+/m0/s1. The monoisotopic (exact) mass is 443 g/mol. The number of aliphatic hydroxyl groups is 1. The van der Waals surface area contributed by atoms with Crippen LogP contribution in [-0.4, -0.2) is 39.2 Å². The fourth-order valence-corrected chi connectivity index (χ4v) is 5.92. The van der Waals surface area contributed by atoms with E-state index < -0.39 is 29.5 Å². The van der Waals surface area contributed by atoms with Gasteiger partial charge in [0.15, 0.2) is 0 Å². The van der Waals surface area contributed by atoms with Gasteiger partial charge in [0.1, 0.15) is 11.6 Å². The first-order valence-electron chi connectivity index (χ1n) is 11.3. The molecule has 2 aliphatic heterocycles. The number of hydrogen-bond acceptors (Lipinski definition) is 4. The number of carbonyl (C=O) groups excluding carboxylic acids is 1. The van der Waals surface area contributed by atoms with Gasteiger partial charge in [-0.3, -0.25) is 14.5 Å². The van der Waals surface area contributed by atoms with Gasteiger partial charge in [0.25, 0.3) is 5.56 Å². The molecule has 1 aliphatic carbocycles. The van der Waals surface area contributed by atoms with Gasteiger partial charge >= 0.3 is 0 Å². The Morgan fingerprint density at radius 3 is 2.69 bits per heavy atom. The molecule has 0 unspecified atom stereocenters. The number of benzene rings is 1. The number of rotatable bonds is 5. The van der Waals surface area contributed by atoms with E-state index in [-0.39, 0.29) is 42.3 Å². The maximum atomic E-state index is 14.5. The molecule has 1 amide bonds. The highest BCUT2D eigenvalue weighted by atomic mass is 19.1. The number of amides is 1. The summed E-state index contributed by atoms with van der Waals surface area (Å²) in [6.07, 6.45) is 4.03. The van der Waals surface area contributed by atoms with Gasteiger partial charge in [-0.2, -0.15) is 0 Å². The van der Waals surface area contributed by atoms with Gasteiger partial charge in [0, 0.05) is 55.0 Å². The predicted molar refractivity (Wildman–Crippen MR) is 114 cm³/mol. The molecule has 1 aromatic heterocycles. The lowest BCUT2D eigenvalue weighted by atomic mass is 9.86. The summed E-state index contributed by atoms with van der Waals surface area (Å²) < 4.78 is 30.0. The molecule has 0 spiro atoms. The summed E-state index contributed by atoms with van der Waals surface area (Å²) in [4.78, 5) is 28.0. The Morgan fingerprint density at radius 2 is 1.94 bits per heavy atom. The molecule has 8 heteroatoms. The molecule has 170 valence electrons. The Balaban J connectivity index is 1.56. The van der Waals surface area contributed by atoms with Crippen molar-refractivity contribution in [2.45, 2.75) is 56.9 Å². The third-order valence-electron chi connectivity index (χ3n) is 7.41. The fraction of sp³-hybridized carbons (Fsp3) is 0.500. The molecule has 1 saturated heterocycles. The van der Waals surface area contributed by atoms with Crippen molar-refractivity contribution in [3.05, 3.63) is 69.6 Å². The largest absolute Gasteiger partial charge is 0.396 e. The fourth-order valence-electron chi connectivity index (χ4n) is 5.92. The zero-order valence-corrected chi connectivity index (χ0v) is 17.7. The molecular formula is C24H27F2N3O3. The van der Waals surface area contributed by atoms with E-state index >= 15 is 0 Å². The van der Waals surface area contributed by atoms with Crippen LogP contribution >= 0.6 is 0 Å². The number of pyridine rings is 1. The van der Waals surface area contributed by atoms with Crippen molar-refractivity contribution in [3.8, 4) is 0 Å². The van der Waals surface area contributed by atoms with Crippen LogP contribution in [0.25, 0.3) is 0 Å². The maximum absolute atomic E-state index is 14.5. The minimum atomic E-state index is -0.585. The molecule has 3 aliphatic rings. The Hall–Kier alpha value is -2.58. The molecule has 2 N–H and O–H groups in total. The number of hydrogen-bond donors (Lipinski definition) is 2. The van der Waals surface area contributed by atoms with Crippen molar-refractivity contribution < 1.29 is 18.7 Å². The minimum Gasteiger partial charge on any atom is -0.396 e. The second-order valence-corrected chi connectivity index (χ2v) is 9.18. The quantitative estimate of drug-likeness (QED) is 0.744. The Kier molecular flexibility index (Phi) is 5.59. The van der Waals surface area contributed by atoms with Crippen molar-refractivity contribution in [2.24, 2.45) is 11.8 Å². The van der Waals surface area contributed by atoms with Crippen LogP contribution in [0.3, 0.4) is 0 Å². The van der Waals surface area contributed by atoms with E-state index in [0.29, 0.717) is 12.2 Å². The lowest BCUT2D eigenvalue weighted by Crippen LogP contribution is -2.46. The number of aliphatic hydroxyl groups excluding tert-OH is 1. The van der Waals surface area contributed by atoms with E-state index in [1.165, 1.54) is 12.1 Å². The Morgan fingerprint density at radius 1 is 1.16 bits per heavy atom. The molecule has 1 saturated carbocycles. The van der Waals surface area contributed by atoms with Crippen LogP contribution in [0.2, 0.25) is 0 Å². The second-order valence-electron chi connectivity index (χ2n) is 9.18. The lowest BCUT2D eigenvalue weighted by molar-refractivity contribution is -0.128. The molecular weight excluding hydrogens is 416 g/mol. The average molecular weight is 443 g/mol. The molecule has 3 heterocycles. The highest BCUT2D eigenvalue weighted by Gasteiger charge is 2.55. The Labute approximate surface area is 184 Å². The summed E-state index contributed by atoms with van der Waals surface area (Å²) in [5.41, 5.74) is 0.705. The summed E-state index contributed by atoms with van der Waals surface area (Å²) in [6.45, 7) is 0.154. The van der Waals surface area contributed by atoms with E-state index in [0.717, 1.165) is 37.8 Å². The number of carbonyl (C=O) groups is 1. The predicted octanol–water partition coefficient (Wildman–Crippen LogP) is 2.35. The van der Waals surface area contributed by atoms with Crippen LogP contribution in [-0.2, 0) is 17.9 Å². The summed E-state index contributed by atoms with van der Waals surface area (Å²) in [5.74, 6) is -2.20. The van der Waals surface area contributed by atoms with Crippen LogP contribution < -0.4 is 10.9 Å². The molecule has 0 radical (unpaired) electrons. The molecule has 32 heavy (non-hydrogen) atoms. The zero-order chi connectivity index (χ0) is 22.4. The van der Waals surface area contributed by atoms with Gasteiger partial charge < -0.3 is 15.0 Å². The van der Waals surface area contributed by atoms with Gasteiger partial charge in [-0.1, -0.05) is 18.9 Å². The molecule has 4 atom stereocenters. The third kappa shape index (κ3) is 3.55. The van der Waals surface area contributed by atoms with Crippen molar-refractivity contribution in [3.63, 3.8) is 0 Å².